The number of nitrogens with zero attached hydrogens (tertiary/aromatic N) is 2. The molecule has 4 heteroatoms. The van der Waals surface area contributed by atoms with E-state index in [-0.39, 0.29) is 0 Å². The molecule has 1 aromatic rings. The van der Waals surface area contributed by atoms with E-state index in [2.05, 4.69) is 25.9 Å². The molecule has 0 atom stereocenters. The number of rotatable bonds is 7. The maximum atomic E-state index is 5.88. The van der Waals surface area contributed by atoms with Crippen LogP contribution >= 0.6 is 11.6 Å². The Balaban J connectivity index is 2.37. The van der Waals surface area contributed by atoms with Crippen molar-refractivity contribution in [2.45, 2.75) is 46.5 Å². The number of halogens is 1. The summed E-state index contributed by atoms with van der Waals surface area (Å²) in [4.78, 5) is 0. The van der Waals surface area contributed by atoms with Crippen LogP contribution in [-0.2, 0) is 17.2 Å². The average Bonchev–Trinajstić information content (AvgIpc) is 2.53. The molecular weight excluding hydrogens is 236 g/mol. The molecule has 0 saturated carbocycles. The highest BCUT2D eigenvalue weighted by atomic mass is 35.5. The van der Waals surface area contributed by atoms with Gasteiger partial charge in [-0.2, -0.15) is 5.10 Å². The monoisotopic (exact) mass is 258 g/mol. The Hall–Kier alpha value is -0.540. The van der Waals surface area contributed by atoms with Crippen LogP contribution in [0.3, 0.4) is 0 Å². The summed E-state index contributed by atoms with van der Waals surface area (Å²) in [6.07, 6.45) is 1.12. The zero-order valence-electron chi connectivity index (χ0n) is 11.3. The van der Waals surface area contributed by atoms with E-state index in [1.165, 1.54) is 0 Å². The summed E-state index contributed by atoms with van der Waals surface area (Å²) in [5, 5.41) is 4.47. The van der Waals surface area contributed by atoms with Crippen molar-refractivity contribution in [3.8, 4) is 0 Å². The van der Waals surface area contributed by atoms with Crippen LogP contribution in [0.25, 0.3) is 0 Å². The summed E-state index contributed by atoms with van der Waals surface area (Å²) in [5.41, 5.74) is 3.33. The molecule has 0 spiro atoms. The second-order valence-electron chi connectivity index (χ2n) is 4.80. The van der Waals surface area contributed by atoms with E-state index in [1.807, 2.05) is 11.6 Å². The summed E-state index contributed by atoms with van der Waals surface area (Å²) in [6, 6.07) is 0. The van der Waals surface area contributed by atoms with E-state index in [9.17, 15) is 0 Å². The Morgan fingerprint density at radius 3 is 2.53 bits per heavy atom. The third-order valence-corrected chi connectivity index (χ3v) is 3.22. The fourth-order valence-electron chi connectivity index (χ4n) is 1.72. The van der Waals surface area contributed by atoms with Crippen LogP contribution in [0.2, 0.25) is 0 Å². The fourth-order valence-corrected chi connectivity index (χ4v) is 2.10. The highest BCUT2D eigenvalue weighted by molar-refractivity contribution is 6.17. The Kier molecular flexibility index (Phi) is 6.00. The zero-order valence-corrected chi connectivity index (χ0v) is 12.0. The summed E-state index contributed by atoms with van der Waals surface area (Å²) in [5.74, 6) is 1.23. The van der Waals surface area contributed by atoms with Crippen molar-refractivity contribution in [1.29, 1.82) is 0 Å². The Labute approximate surface area is 109 Å². The first-order valence-electron chi connectivity index (χ1n) is 6.22. The third kappa shape index (κ3) is 4.32. The van der Waals surface area contributed by atoms with Gasteiger partial charge in [0.1, 0.15) is 0 Å². The molecule has 0 amide bonds. The molecule has 1 heterocycles. The van der Waals surface area contributed by atoms with E-state index < -0.39 is 0 Å². The molecule has 0 fully saturated rings. The molecule has 1 rings (SSSR count). The molecule has 98 valence electrons. The van der Waals surface area contributed by atoms with Gasteiger partial charge in [-0.05, 0) is 26.2 Å². The van der Waals surface area contributed by atoms with Crippen molar-refractivity contribution in [2.24, 2.45) is 5.92 Å². The quantitative estimate of drug-likeness (QED) is 0.554. The number of hydrogen-bond acceptors (Lipinski definition) is 2. The number of aromatic nitrogens is 2. The van der Waals surface area contributed by atoms with Gasteiger partial charge in [-0.15, -0.1) is 11.6 Å². The molecule has 0 aliphatic rings. The van der Waals surface area contributed by atoms with Gasteiger partial charge < -0.3 is 4.74 Å². The van der Waals surface area contributed by atoms with Gasteiger partial charge in [-0.3, -0.25) is 4.68 Å². The van der Waals surface area contributed by atoms with Crippen LogP contribution < -0.4 is 0 Å². The molecule has 17 heavy (non-hydrogen) atoms. The Morgan fingerprint density at radius 2 is 2.00 bits per heavy atom. The van der Waals surface area contributed by atoms with Crippen molar-refractivity contribution >= 4 is 11.6 Å². The predicted molar refractivity (Wildman–Crippen MR) is 71.5 cm³/mol. The molecule has 0 aliphatic carbocycles. The lowest BCUT2D eigenvalue weighted by atomic mass is 10.1. The van der Waals surface area contributed by atoms with E-state index >= 15 is 0 Å². The van der Waals surface area contributed by atoms with Crippen LogP contribution in [0.5, 0.6) is 0 Å². The number of hydrogen-bond donors (Lipinski definition) is 0. The maximum absolute atomic E-state index is 5.88. The smallest absolute Gasteiger partial charge is 0.0662 e. The highest BCUT2D eigenvalue weighted by Crippen LogP contribution is 2.15. The second kappa shape index (κ2) is 7.02. The SMILES string of the molecule is Cc1nn(CCOCCC(C)C)c(C)c1CCl. The minimum Gasteiger partial charge on any atom is -0.380 e. The van der Waals surface area contributed by atoms with Crippen LogP contribution in [0.4, 0.5) is 0 Å². The van der Waals surface area contributed by atoms with Gasteiger partial charge in [-0.1, -0.05) is 13.8 Å². The van der Waals surface area contributed by atoms with Crippen LogP contribution in [0.1, 0.15) is 37.2 Å². The molecule has 0 N–H and O–H groups in total. The van der Waals surface area contributed by atoms with Crippen LogP contribution in [0.15, 0.2) is 0 Å². The van der Waals surface area contributed by atoms with Gasteiger partial charge in [0.2, 0.25) is 0 Å². The standard InChI is InChI=1S/C13H23ClN2O/c1-10(2)5-7-17-8-6-16-12(4)13(9-14)11(3)15-16/h10H,5-9H2,1-4H3. The van der Waals surface area contributed by atoms with Crippen LogP contribution in [0, 0.1) is 19.8 Å². The minimum absolute atomic E-state index is 0.534. The first-order valence-corrected chi connectivity index (χ1v) is 6.76. The summed E-state index contributed by atoms with van der Waals surface area (Å²) in [7, 11) is 0. The molecule has 3 nitrogen and oxygen atoms in total. The van der Waals surface area contributed by atoms with Crippen molar-refractivity contribution in [3.63, 3.8) is 0 Å². The van der Waals surface area contributed by atoms with Crippen molar-refractivity contribution in [3.05, 3.63) is 17.0 Å². The van der Waals surface area contributed by atoms with E-state index in [4.69, 9.17) is 16.3 Å². The van der Waals surface area contributed by atoms with Crippen molar-refractivity contribution in [1.82, 2.24) is 9.78 Å². The van der Waals surface area contributed by atoms with Gasteiger partial charge >= 0.3 is 0 Å². The van der Waals surface area contributed by atoms with Crippen molar-refractivity contribution in [2.75, 3.05) is 13.2 Å². The normalized spacial score (nSPS) is 11.4. The minimum atomic E-state index is 0.534. The third-order valence-electron chi connectivity index (χ3n) is 2.95. The van der Waals surface area contributed by atoms with Gasteiger partial charge in [0.15, 0.2) is 0 Å². The summed E-state index contributed by atoms with van der Waals surface area (Å²) >= 11 is 5.88. The second-order valence-corrected chi connectivity index (χ2v) is 5.07. The number of aryl methyl sites for hydroxylation is 1. The van der Waals surface area contributed by atoms with Crippen molar-refractivity contribution < 1.29 is 4.74 Å². The fraction of sp³-hybridized carbons (Fsp3) is 0.769. The highest BCUT2D eigenvalue weighted by Gasteiger charge is 2.09. The zero-order chi connectivity index (χ0) is 12.8. The largest absolute Gasteiger partial charge is 0.380 e. The maximum Gasteiger partial charge on any atom is 0.0662 e. The van der Waals surface area contributed by atoms with E-state index in [0.717, 1.165) is 43.1 Å². The molecule has 0 bridgehead atoms. The Morgan fingerprint density at radius 1 is 1.29 bits per heavy atom. The topological polar surface area (TPSA) is 27.1 Å². The first kappa shape index (κ1) is 14.5. The molecule has 0 saturated heterocycles. The molecule has 0 unspecified atom stereocenters. The predicted octanol–water partition coefficient (Wildman–Crippen LogP) is 3.30. The summed E-state index contributed by atoms with van der Waals surface area (Å²) in [6.45, 7) is 10.8. The number of ether oxygens (including phenoxy) is 1. The molecule has 0 radical (unpaired) electrons. The lowest BCUT2D eigenvalue weighted by Crippen LogP contribution is -2.10. The van der Waals surface area contributed by atoms with E-state index in [0.29, 0.717) is 11.8 Å². The number of alkyl halides is 1. The summed E-state index contributed by atoms with van der Waals surface area (Å²) < 4.78 is 7.58. The lowest BCUT2D eigenvalue weighted by molar-refractivity contribution is 0.113. The first-order chi connectivity index (χ1) is 8.06. The molecule has 0 aromatic carbocycles. The molecule has 0 aliphatic heterocycles. The van der Waals surface area contributed by atoms with E-state index in [1.54, 1.807) is 0 Å². The Bertz CT molecular complexity index is 347. The lowest BCUT2D eigenvalue weighted by Gasteiger charge is -2.07. The molecular formula is C13H23ClN2O. The van der Waals surface area contributed by atoms with Gasteiger partial charge in [0.05, 0.1) is 24.7 Å². The van der Waals surface area contributed by atoms with Crippen LogP contribution in [-0.4, -0.2) is 23.0 Å². The van der Waals surface area contributed by atoms with Gasteiger partial charge in [0, 0.05) is 17.9 Å². The van der Waals surface area contributed by atoms with Gasteiger partial charge in [0.25, 0.3) is 0 Å². The average molecular weight is 259 g/mol. The molecule has 1 aromatic heterocycles. The van der Waals surface area contributed by atoms with Gasteiger partial charge in [-0.25, -0.2) is 0 Å².